The minimum Gasteiger partial charge on any atom is -0.441 e. The van der Waals surface area contributed by atoms with E-state index in [9.17, 15) is 35.2 Å². The van der Waals surface area contributed by atoms with E-state index in [4.69, 9.17) is 0 Å². The predicted octanol–water partition coefficient (Wildman–Crippen LogP) is 1.98. The molecule has 12 heteroatoms. The molecular weight excluding hydrogens is 353 g/mol. The Labute approximate surface area is 126 Å². The molecule has 2 rings (SSSR count). The molecule has 1 heterocycles. The quantitative estimate of drug-likeness (QED) is 0.504. The zero-order valence-electron chi connectivity index (χ0n) is 10.9. The van der Waals surface area contributed by atoms with Crippen molar-refractivity contribution in [3.8, 4) is 0 Å². The second-order valence-corrected chi connectivity index (χ2v) is 6.03. The van der Waals surface area contributed by atoms with Gasteiger partial charge >= 0.3 is 21.7 Å². The van der Waals surface area contributed by atoms with Crippen LogP contribution in [-0.4, -0.2) is 32.7 Å². The fourth-order valence-corrected chi connectivity index (χ4v) is 2.26. The molecule has 2 unspecified atom stereocenters. The van der Waals surface area contributed by atoms with E-state index in [1.165, 1.54) is 0 Å². The Kier molecular flexibility index (Phi) is 4.48. The van der Waals surface area contributed by atoms with Crippen molar-refractivity contribution in [1.29, 1.82) is 0 Å². The number of benzene rings is 1. The van der Waals surface area contributed by atoms with Crippen molar-refractivity contribution in [1.82, 2.24) is 5.32 Å². The number of cyclic esters (lactones) is 1. The molecule has 1 saturated heterocycles. The summed E-state index contributed by atoms with van der Waals surface area (Å²) in [4.78, 5) is 11.2. The van der Waals surface area contributed by atoms with E-state index in [0.717, 1.165) is 12.1 Å². The van der Waals surface area contributed by atoms with Crippen LogP contribution >= 0.6 is 0 Å². The first-order valence-electron chi connectivity index (χ1n) is 5.89. The molecule has 1 N–H and O–H groups in total. The third-order valence-electron chi connectivity index (χ3n) is 2.88. The lowest BCUT2D eigenvalue weighted by Gasteiger charge is -2.17. The number of carbonyl (C=O) groups is 1. The van der Waals surface area contributed by atoms with E-state index in [0.29, 0.717) is 6.07 Å². The second kappa shape index (κ2) is 5.92. The van der Waals surface area contributed by atoms with Gasteiger partial charge in [-0.3, -0.25) is 4.18 Å². The highest BCUT2D eigenvalue weighted by Gasteiger charge is 2.48. The minimum atomic E-state index is -5.88. The molecule has 0 saturated carbocycles. The molecule has 1 aromatic carbocycles. The highest BCUT2D eigenvalue weighted by molar-refractivity contribution is 7.87. The Morgan fingerprint density at radius 2 is 1.87 bits per heavy atom. The molecule has 0 aliphatic carbocycles. The fraction of sp³-hybridized carbons (Fsp3) is 0.364. The Balaban J connectivity index is 2.17. The number of halogens is 5. The van der Waals surface area contributed by atoms with Crippen LogP contribution in [0.1, 0.15) is 11.6 Å². The van der Waals surface area contributed by atoms with Gasteiger partial charge in [0.25, 0.3) is 0 Å². The minimum absolute atomic E-state index is 0.0345. The first kappa shape index (κ1) is 17.4. The lowest BCUT2D eigenvalue weighted by Crippen LogP contribution is -2.32. The predicted molar refractivity (Wildman–Crippen MR) is 63.4 cm³/mol. The van der Waals surface area contributed by atoms with Gasteiger partial charge < -0.3 is 10.1 Å². The zero-order chi connectivity index (χ0) is 17.4. The average molecular weight is 361 g/mol. The van der Waals surface area contributed by atoms with Crippen LogP contribution in [0.5, 0.6) is 0 Å². The Morgan fingerprint density at radius 1 is 1.22 bits per heavy atom. The molecule has 1 amide bonds. The molecule has 1 aromatic rings. The van der Waals surface area contributed by atoms with Crippen LogP contribution in [0.25, 0.3) is 0 Å². The highest BCUT2D eigenvalue weighted by Crippen LogP contribution is 2.29. The van der Waals surface area contributed by atoms with Crippen molar-refractivity contribution in [2.45, 2.75) is 17.7 Å². The van der Waals surface area contributed by atoms with E-state index in [1.54, 1.807) is 0 Å². The van der Waals surface area contributed by atoms with Crippen molar-refractivity contribution < 1.29 is 44.1 Å². The van der Waals surface area contributed by atoms with E-state index >= 15 is 0 Å². The molecule has 2 atom stereocenters. The summed E-state index contributed by atoms with van der Waals surface area (Å²) in [7, 11) is -5.88. The summed E-state index contributed by atoms with van der Waals surface area (Å²) in [5, 5.41) is 2.14. The summed E-state index contributed by atoms with van der Waals surface area (Å²) >= 11 is 0. The number of alkyl carbamates (subject to hydrolysis) is 1. The highest BCUT2D eigenvalue weighted by atomic mass is 32.2. The number of hydrogen-bond donors (Lipinski definition) is 1. The third kappa shape index (κ3) is 3.69. The van der Waals surface area contributed by atoms with E-state index < -0.39 is 52.1 Å². The van der Waals surface area contributed by atoms with Gasteiger partial charge in [0.15, 0.2) is 17.7 Å². The van der Waals surface area contributed by atoms with Gasteiger partial charge in [-0.15, -0.1) is 0 Å². The third-order valence-corrected chi connectivity index (χ3v) is 3.89. The van der Waals surface area contributed by atoms with Crippen molar-refractivity contribution in [3.63, 3.8) is 0 Å². The molecule has 1 fully saturated rings. The van der Waals surface area contributed by atoms with Crippen LogP contribution in [0, 0.1) is 11.6 Å². The van der Waals surface area contributed by atoms with Gasteiger partial charge in [-0.1, -0.05) is 6.07 Å². The van der Waals surface area contributed by atoms with Crippen molar-refractivity contribution >= 4 is 16.2 Å². The van der Waals surface area contributed by atoms with Crippen LogP contribution in [0.2, 0.25) is 0 Å². The molecule has 128 valence electrons. The summed E-state index contributed by atoms with van der Waals surface area (Å²) in [6.45, 7) is -1.15. The largest absolute Gasteiger partial charge is 0.523 e. The van der Waals surface area contributed by atoms with Gasteiger partial charge in [-0.05, 0) is 17.7 Å². The molecule has 0 bridgehead atoms. The maximum absolute atomic E-state index is 13.2. The molecule has 0 aromatic heterocycles. The van der Waals surface area contributed by atoms with Gasteiger partial charge in [-0.25, -0.2) is 13.6 Å². The first-order valence-corrected chi connectivity index (χ1v) is 7.30. The van der Waals surface area contributed by atoms with E-state index in [-0.39, 0.29) is 5.56 Å². The molecular formula is C11H8F5NO5S. The Hall–Kier alpha value is -1.95. The number of nitrogens with one attached hydrogen (secondary N) is 1. The summed E-state index contributed by atoms with van der Waals surface area (Å²) in [5.74, 6) is -2.43. The smallest absolute Gasteiger partial charge is 0.441 e. The molecule has 6 nitrogen and oxygen atoms in total. The topological polar surface area (TPSA) is 81.7 Å². The van der Waals surface area contributed by atoms with E-state index in [2.05, 4.69) is 14.2 Å². The maximum Gasteiger partial charge on any atom is 0.523 e. The summed E-state index contributed by atoms with van der Waals surface area (Å²) in [6.07, 6.45) is -2.55. The van der Waals surface area contributed by atoms with Crippen LogP contribution in [0.4, 0.5) is 26.7 Å². The molecule has 0 radical (unpaired) electrons. The van der Waals surface area contributed by atoms with Crippen molar-refractivity contribution in [2.24, 2.45) is 0 Å². The number of hydrogen-bond acceptors (Lipinski definition) is 5. The van der Waals surface area contributed by atoms with Crippen LogP contribution in [-0.2, 0) is 19.0 Å². The number of amides is 1. The van der Waals surface area contributed by atoms with Crippen LogP contribution in [0.3, 0.4) is 0 Å². The lowest BCUT2D eigenvalue weighted by atomic mass is 10.0. The van der Waals surface area contributed by atoms with Gasteiger partial charge in [0.05, 0.1) is 6.04 Å². The van der Waals surface area contributed by atoms with Gasteiger partial charge in [0.1, 0.15) is 6.61 Å². The van der Waals surface area contributed by atoms with E-state index in [1.807, 2.05) is 0 Å². The molecule has 23 heavy (non-hydrogen) atoms. The van der Waals surface area contributed by atoms with Crippen molar-refractivity contribution in [3.05, 3.63) is 35.4 Å². The average Bonchev–Trinajstić information content (AvgIpc) is 2.79. The molecule has 1 aliphatic heterocycles. The van der Waals surface area contributed by atoms with Gasteiger partial charge in [0.2, 0.25) is 0 Å². The van der Waals surface area contributed by atoms with Gasteiger partial charge in [0, 0.05) is 0 Å². The van der Waals surface area contributed by atoms with Crippen LogP contribution < -0.4 is 5.32 Å². The first-order chi connectivity index (χ1) is 10.5. The summed E-state index contributed by atoms with van der Waals surface area (Å²) in [6, 6.07) is 1.28. The molecule has 1 aliphatic rings. The number of rotatable bonds is 4. The summed E-state index contributed by atoms with van der Waals surface area (Å²) < 4.78 is 92.6. The number of carbonyl (C=O) groups excluding carboxylic acids is 1. The Bertz CT molecular complexity index is 720. The maximum atomic E-state index is 13.2. The van der Waals surface area contributed by atoms with Crippen molar-refractivity contribution in [2.75, 3.05) is 6.61 Å². The SMILES string of the molecule is O=C1NC(c2ccc(F)c(F)c2)C(COS(=O)(=O)C(F)(F)F)O1. The molecule has 0 spiro atoms. The summed E-state index contributed by atoms with van der Waals surface area (Å²) in [5.41, 5.74) is -5.67. The van der Waals surface area contributed by atoms with Crippen LogP contribution in [0.15, 0.2) is 18.2 Å². The fourth-order valence-electron chi connectivity index (χ4n) is 1.82. The second-order valence-electron chi connectivity index (χ2n) is 4.42. The number of ether oxygens (including phenoxy) is 1. The number of alkyl halides is 3. The standard InChI is InChI=1S/C11H8F5NO5S/c12-6-2-1-5(3-7(6)13)9-8(22-10(18)17-9)4-21-23(19,20)11(14,15)16/h1-3,8-9H,4H2,(H,17,18). The Morgan fingerprint density at radius 3 is 2.43 bits per heavy atom. The normalized spacial score (nSPS) is 21.9. The van der Waals surface area contributed by atoms with Gasteiger partial charge in [-0.2, -0.15) is 21.6 Å². The zero-order valence-corrected chi connectivity index (χ0v) is 11.7. The monoisotopic (exact) mass is 361 g/mol. The lowest BCUT2D eigenvalue weighted by molar-refractivity contribution is -0.0563.